The summed E-state index contributed by atoms with van der Waals surface area (Å²) in [5.41, 5.74) is 1.51. The maximum absolute atomic E-state index is 5.29. The molecule has 3 nitrogen and oxygen atoms in total. The Morgan fingerprint density at radius 1 is 1.45 bits per heavy atom. The van der Waals surface area contributed by atoms with Gasteiger partial charge >= 0.3 is 0 Å². The number of hydrogen-bond acceptors (Lipinski definition) is 3. The van der Waals surface area contributed by atoms with Crippen LogP contribution in [0.15, 0.2) is 22.7 Å². The summed E-state index contributed by atoms with van der Waals surface area (Å²) in [5.74, 6) is 0.889. The molecule has 0 aromatic heterocycles. The summed E-state index contributed by atoms with van der Waals surface area (Å²) in [6.45, 7) is 10.00. The minimum Gasteiger partial charge on any atom is -0.496 e. The lowest BCUT2D eigenvalue weighted by Gasteiger charge is -2.46. The molecule has 1 saturated heterocycles. The predicted octanol–water partition coefficient (Wildman–Crippen LogP) is 3.42. The van der Waals surface area contributed by atoms with E-state index in [4.69, 9.17) is 4.74 Å². The average Bonchev–Trinajstić information content (AvgIpc) is 2.41. The Balaban J connectivity index is 2.12. The van der Waals surface area contributed by atoms with E-state index >= 15 is 0 Å². The largest absolute Gasteiger partial charge is 0.496 e. The van der Waals surface area contributed by atoms with Crippen LogP contribution in [0.4, 0.5) is 0 Å². The fraction of sp³-hybridized carbons (Fsp3) is 0.625. The molecule has 1 aromatic rings. The number of benzene rings is 1. The fourth-order valence-electron chi connectivity index (χ4n) is 2.66. The van der Waals surface area contributed by atoms with Gasteiger partial charge in [-0.2, -0.15) is 0 Å². The van der Waals surface area contributed by atoms with Crippen LogP contribution in [0.5, 0.6) is 5.75 Å². The topological polar surface area (TPSA) is 24.5 Å². The summed E-state index contributed by atoms with van der Waals surface area (Å²) in [4.78, 5) is 2.58. The summed E-state index contributed by atoms with van der Waals surface area (Å²) >= 11 is 3.57. The van der Waals surface area contributed by atoms with Gasteiger partial charge in [-0.1, -0.05) is 13.0 Å². The Morgan fingerprint density at radius 3 is 2.80 bits per heavy atom. The van der Waals surface area contributed by atoms with E-state index in [0.717, 1.165) is 29.9 Å². The van der Waals surface area contributed by atoms with Crippen molar-refractivity contribution in [2.75, 3.05) is 20.2 Å². The number of rotatable bonds is 4. The van der Waals surface area contributed by atoms with Gasteiger partial charge in [0, 0.05) is 31.2 Å². The van der Waals surface area contributed by atoms with Crippen molar-refractivity contribution < 1.29 is 4.74 Å². The fourth-order valence-corrected chi connectivity index (χ4v) is 3.25. The molecule has 0 spiro atoms. The molecule has 1 heterocycles. The first-order chi connectivity index (χ1) is 9.46. The van der Waals surface area contributed by atoms with Crippen LogP contribution in [-0.2, 0) is 6.54 Å². The molecule has 0 bridgehead atoms. The highest BCUT2D eigenvalue weighted by Gasteiger charge is 2.33. The smallest absolute Gasteiger partial charge is 0.133 e. The molecule has 0 amide bonds. The first-order valence-corrected chi connectivity index (χ1v) is 8.06. The molecule has 1 aliphatic heterocycles. The average molecular weight is 341 g/mol. The van der Waals surface area contributed by atoms with Crippen LogP contribution in [0, 0.1) is 0 Å². The molecule has 0 radical (unpaired) electrons. The number of halogens is 1. The van der Waals surface area contributed by atoms with Gasteiger partial charge in [0.05, 0.1) is 11.6 Å². The lowest BCUT2D eigenvalue weighted by molar-refractivity contribution is 0.0577. The highest BCUT2D eigenvalue weighted by Crippen LogP contribution is 2.28. The minimum absolute atomic E-state index is 0.193. The summed E-state index contributed by atoms with van der Waals surface area (Å²) in [7, 11) is 1.70. The Labute approximate surface area is 130 Å². The van der Waals surface area contributed by atoms with E-state index in [1.807, 2.05) is 6.07 Å². The molecule has 1 unspecified atom stereocenters. The first-order valence-electron chi connectivity index (χ1n) is 7.27. The van der Waals surface area contributed by atoms with Gasteiger partial charge in [-0.25, -0.2) is 0 Å². The molecule has 2 rings (SSSR count). The van der Waals surface area contributed by atoms with E-state index < -0.39 is 0 Å². The van der Waals surface area contributed by atoms with Gasteiger partial charge in [0.2, 0.25) is 0 Å². The number of nitrogens with zero attached hydrogens (tertiary/aromatic N) is 1. The Morgan fingerprint density at radius 2 is 2.20 bits per heavy atom. The van der Waals surface area contributed by atoms with Gasteiger partial charge in [-0.3, -0.25) is 4.90 Å². The standard InChI is InChI=1S/C16H25BrN2O/c1-5-13-10-19(16(2,3)11-18-13)9-12-6-7-15(20-4)14(17)8-12/h6-8,13,18H,5,9-11H2,1-4H3. The van der Waals surface area contributed by atoms with E-state index in [0.29, 0.717) is 6.04 Å². The molecule has 4 heteroatoms. The van der Waals surface area contributed by atoms with Gasteiger partial charge in [0.25, 0.3) is 0 Å². The second-order valence-electron chi connectivity index (χ2n) is 6.15. The van der Waals surface area contributed by atoms with Crippen molar-refractivity contribution in [2.24, 2.45) is 0 Å². The van der Waals surface area contributed by atoms with Gasteiger partial charge in [0.1, 0.15) is 5.75 Å². The molecule has 0 aliphatic carbocycles. The SMILES string of the molecule is CCC1CN(Cc2ccc(OC)c(Br)c2)C(C)(C)CN1. The highest BCUT2D eigenvalue weighted by molar-refractivity contribution is 9.10. The lowest BCUT2D eigenvalue weighted by atomic mass is 9.95. The van der Waals surface area contributed by atoms with Gasteiger partial charge in [-0.15, -0.1) is 0 Å². The Kier molecular flexibility index (Phi) is 5.10. The number of hydrogen-bond donors (Lipinski definition) is 1. The van der Waals surface area contributed by atoms with Crippen molar-refractivity contribution in [2.45, 2.75) is 45.3 Å². The van der Waals surface area contributed by atoms with Gasteiger partial charge in [0.15, 0.2) is 0 Å². The van der Waals surface area contributed by atoms with Crippen LogP contribution in [0.25, 0.3) is 0 Å². The van der Waals surface area contributed by atoms with E-state index in [2.05, 4.69) is 59.1 Å². The molecular weight excluding hydrogens is 316 g/mol. The van der Waals surface area contributed by atoms with Crippen molar-refractivity contribution in [1.29, 1.82) is 0 Å². The Hall–Kier alpha value is -0.580. The third-order valence-electron chi connectivity index (χ3n) is 4.20. The number of nitrogens with one attached hydrogen (secondary N) is 1. The van der Waals surface area contributed by atoms with E-state index in [9.17, 15) is 0 Å². The molecule has 1 atom stereocenters. The summed E-state index contributed by atoms with van der Waals surface area (Å²) in [5, 5.41) is 3.63. The predicted molar refractivity (Wildman–Crippen MR) is 87.3 cm³/mol. The summed E-state index contributed by atoms with van der Waals surface area (Å²) in [6, 6.07) is 6.96. The van der Waals surface area contributed by atoms with Gasteiger partial charge < -0.3 is 10.1 Å². The van der Waals surface area contributed by atoms with Crippen LogP contribution in [0.2, 0.25) is 0 Å². The van der Waals surface area contributed by atoms with Crippen molar-refractivity contribution in [1.82, 2.24) is 10.2 Å². The lowest BCUT2D eigenvalue weighted by Crippen LogP contribution is -2.61. The first kappa shape index (κ1) is 15.8. The van der Waals surface area contributed by atoms with E-state index in [1.165, 1.54) is 12.0 Å². The van der Waals surface area contributed by atoms with Gasteiger partial charge in [-0.05, 0) is 53.9 Å². The molecule has 1 N–H and O–H groups in total. The monoisotopic (exact) mass is 340 g/mol. The highest BCUT2D eigenvalue weighted by atomic mass is 79.9. The normalized spacial score (nSPS) is 22.8. The third kappa shape index (κ3) is 3.54. The zero-order valence-electron chi connectivity index (χ0n) is 12.9. The van der Waals surface area contributed by atoms with Crippen LogP contribution in [-0.4, -0.2) is 36.7 Å². The van der Waals surface area contributed by atoms with Crippen LogP contribution < -0.4 is 10.1 Å². The third-order valence-corrected chi connectivity index (χ3v) is 4.82. The molecule has 20 heavy (non-hydrogen) atoms. The summed E-state index contributed by atoms with van der Waals surface area (Å²) in [6.07, 6.45) is 1.18. The van der Waals surface area contributed by atoms with Crippen molar-refractivity contribution in [3.63, 3.8) is 0 Å². The maximum Gasteiger partial charge on any atom is 0.133 e. The van der Waals surface area contributed by atoms with Crippen molar-refractivity contribution in [3.05, 3.63) is 28.2 Å². The Bertz CT molecular complexity index is 462. The van der Waals surface area contributed by atoms with Crippen LogP contribution in [0.3, 0.4) is 0 Å². The molecule has 112 valence electrons. The van der Waals surface area contributed by atoms with Crippen LogP contribution in [0.1, 0.15) is 32.8 Å². The number of methoxy groups -OCH3 is 1. The molecule has 1 aromatic carbocycles. The second kappa shape index (κ2) is 6.46. The van der Waals surface area contributed by atoms with Crippen molar-refractivity contribution >= 4 is 15.9 Å². The van der Waals surface area contributed by atoms with E-state index in [-0.39, 0.29) is 5.54 Å². The quantitative estimate of drug-likeness (QED) is 0.908. The molecule has 0 saturated carbocycles. The van der Waals surface area contributed by atoms with E-state index in [1.54, 1.807) is 7.11 Å². The van der Waals surface area contributed by atoms with Crippen LogP contribution >= 0.6 is 15.9 Å². The second-order valence-corrected chi connectivity index (χ2v) is 7.00. The summed E-state index contributed by atoms with van der Waals surface area (Å²) < 4.78 is 6.32. The number of ether oxygens (including phenoxy) is 1. The number of piperazine rings is 1. The zero-order chi connectivity index (χ0) is 14.8. The zero-order valence-corrected chi connectivity index (χ0v) is 14.5. The molecule has 1 fully saturated rings. The maximum atomic E-state index is 5.29. The molecular formula is C16H25BrN2O. The molecule has 1 aliphatic rings. The van der Waals surface area contributed by atoms with Crippen molar-refractivity contribution in [3.8, 4) is 5.75 Å². The minimum atomic E-state index is 0.193.